The second-order valence-electron chi connectivity index (χ2n) is 8.82. The van der Waals surface area contributed by atoms with Crippen molar-refractivity contribution >= 4 is 11.9 Å². The first-order valence-corrected chi connectivity index (χ1v) is 11.1. The molecular weight excluding hydrogens is 354 g/mol. The SMILES string of the molecule is CCNC(=NCC1(N(C)C)CCOCC1)NC1CCN(C(=O)C2CCCC2)C1. The van der Waals surface area contributed by atoms with Gasteiger partial charge >= 0.3 is 0 Å². The summed E-state index contributed by atoms with van der Waals surface area (Å²) in [5.74, 6) is 1.52. The van der Waals surface area contributed by atoms with E-state index in [0.29, 0.717) is 5.91 Å². The highest BCUT2D eigenvalue weighted by Crippen LogP contribution is 2.28. The van der Waals surface area contributed by atoms with E-state index in [1.165, 1.54) is 12.8 Å². The van der Waals surface area contributed by atoms with Crippen LogP contribution in [-0.2, 0) is 9.53 Å². The lowest BCUT2D eigenvalue weighted by Gasteiger charge is -2.41. The summed E-state index contributed by atoms with van der Waals surface area (Å²) in [4.78, 5) is 22.0. The first kappa shape index (κ1) is 21.4. The maximum Gasteiger partial charge on any atom is 0.225 e. The van der Waals surface area contributed by atoms with Crippen LogP contribution in [0.25, 0.3) is 0 Å². The number of rotatable bonds is 6. The highest BCUT2D eigenvalue weighted by molar-refractivity contribution is 5.81. The summed E-state index contributed by atoms with van der Waals surface area (Å²) in [5, 5.41) is 6.97. The minimum atomic E-state index is 0.0702. The zero-order valence-corrected chi connectivity index (χ0v) is 18.0. The Morgan fingerprint density at radius 3 is 2.57 bits per heavy atom. The van der Waals surface area contributed by atoms with Gasteiger partial charge in [-0.2, -0.15) is 0 Å². The van der Waals surface area contributed by atoms with Gasteiger partial charge < -0.3 is 25.2 Å². The molecule has 2 N–H and O–H groups in total. The van der Waals surface area contributed by atoms with Crippen molar-refractivity contribution in [2.24, 2.45) is 10.9 Å². The minimum absolute atomic E-state index is 0.0702. The number of carbonyl (C=O) groups is 1. The zero-order valence-electron chi connectivity index (χ0n) is 18.0. The first-order chi connectivity index (χ1) is 13.5. The van der Waals surface area contributed by atoms with Gasteiger partial charge in [0.15, 0.2) is 5.96 Å². The molecule has 7 heteroatoms. The van der Waals surface area contributed by atoms with Crippen LogP contribution in [0.2, 0.25) is 0 Å². The van der Waals surface area contributed by atoms with E-state index in [0.717, 1.165) is 77.5 Å². The predicted molar refractivity (Wildman–Crippen MR) is 113 cm³/mol. The molecule has 2 saturated heterocycles. The Morgan fingerprint density at radius 1 is 1.21 bits per heavy atom. The van der Waals surface area contributed by atoms with Crippen molar-refractivity contribution in [2.45, 2.75) is 63.5 Å². The highest BCUT2D eigenvalue weighted by atomic mass is 16.5. The number of aliphatic imine (C=N–C) groups is 1. The third kappa shape index (κ3) is 5.17. The lowest BCUT2D eigenvalue weighted by Crippen LogP contribution is -2.52. The number of ether oxygens (including phenoxy) is 1. The molecule has 160 valence electrons. The van der Waals surface area contributed by atoms with Gasteiger partial charge in [0.1, 0.15) is 0 Å². The van der Waals surface area contributed by atoms with E-state index in [4.69, 9.17) is 9.73 Å². The van der Waals surface area contributed by atoms with Gasteiger partial charge in [0.25, 0.3) is 0 Å². The third-order valence-electron chi connectivity index (χ3n) is 6.79. The second-order valence-corrected chi connectivity index (χ2v) is 8.82. The van der Waals surface area contributed by atoms with Crippen LogP contribution in [0.15, 0.2) is 4.99 Å². The molecule has 1 amide bonds. The van der Waals surface area contributed by atoms with Gasteiger partial charge in [-0.05, 0) is 53.1 Å². The molecule has 0 aromatic carbocycles. The van der Waals surface area contributed by atoms with Crippen molar-refractivity contribution in [1.82, 2.24) is 20.4 Å². The topological polar surface area (TPSA) is 69.2 Å². The molecular formula is C21H39N5O2. The van der Waals surface area contributed by atoms with Crippen LogP contribution in [0.4, 0.5) is 0 Å². The first-order valence-electron chi connectivity index (χ1n) is 11.1. The van der Waals surface area contributed by atoms with Crippen molar-refractivity contribution < 1.29 is 9.53 Å². The van der Waals surface area contributed by atoms with Crippen LogP contribution in [0, 0.1) is 5.92 Å². The van der Waals surface area contributed by atoms with Crippen LogP contribution >= 0.6 is 0 Å². The van der Waals surface area contributed by atoms with E-state index in [1.807, 2.05) is 0 Å². The number of likely N-dealkylation sites (tertiary alicyclic amines) is 1. The molecule has 0 spiro atoms. The number of carbonyl (C=O) groups excluding carboxylic acids is 1. The summed E-state index contributed by atoms with van der Waals surface area (Å²) in [6.07, 6.45) is 7.59. The maximum absolute atomic E-state index is 12.7. The summed E-state index contributed by atoms with van der Waals surface area (Å²) >= 11 is 0. The number of guanidine groups is 1. The Hall–Kier alpha value is -1.34. The zero-order chi connectivity index (χ0) is 20.0. The summed E-state index contributed by atoms with van der Waals surface area (Å²) in [5.41, 5.74) is 0.0702. The fourth-order valence-electron chi connectivity index (χ4n) is 4.75. The number of hydrogen-bond acceptors (Lipinski definition) is 4. The van der Waals surface area contributed by atoms with E-state index in [2.05, 4.69) is 41.5 Å². The fourth-order valence-corrected chi connectivity index (χ4v) is 4.75. The molecule has 1 aliphatic carbocycles. The summed E-state index contributed by atoms with van der Waals surface area (Å²) in [6.45, 7) is 6.96. The van der Waals surface area contributed by atoms with Crippen LogP contribution in [-0.4, -0.2) is 86.7 Å². The second kappa shape index (κ2) is 9.92. The van der Waals surface area contributed by atoms with Gasteiger partial charge in [0.2, 0.25) is 5.91 Å². The molecule has 2 heterocycles. The van der Waals surface area contributed by atoms with E-state index in [1.54, 1.807) is 0 Å². The average Bonchev–Trinajstić information content (AvgIpc) is 3.39. The van der Waals surface area contributed by atoms with E-state index >= 15 is 0 Å². The largest absolute Gasteiger partial charge is 0.381 e. The van der Waals surface area contributed by atoms with E-state index in [-0.39, 0.29) is 17.5 Å². The Morgan fingerprint density at radius 2 is 1.93 bits per heavy atom. The van der Waals surface area contributed by atoms with Gasteiger partial charge in [0.05, 0.1) is 6.54 Å². The molecule has 0 bridgehead atoms. The number of nitrogens with one attached hydrogen (secondary N) is 2. The molecule has 1 unspecified atom stereocenters. The molecule has 28 heavy (non-hydrogen) atoms. The molecule has 3 aliphatic rings. The summed E-state index contributed by atoms with van der Waals surface area (Å²) in [6, 6.07) is 0.285. The standard InChI is InChI=1S/C21H39N5O2/c1-4-22-20(23-16-21(25(2)3)10-13-28-14-11-21)24-18-9-12-26(15-18)19(27)17-7-5-6-8-17/h17-18H,4-16H2,1-3H3,(H2,22,23,24). The number of nitrogens with zero attached hydrogens (tertiary/aromatic N) is 3. The predicted octanol–water partition coefficient (Wildman–Crippen LogP) is 1.44. The van der Waals surface area contributed by atoms with Crippen molar-refractivity contribution in [3.63, 3.8) is 0 Å². The van der Waals surface area contributed by atoms with Crippen molar-refractivity contribution in [3.8, 4) is 0 Å². The van der Waals surface area contributed by atoms with E-state index in [9.17, 15) is 4.79 Å². The monoisotopic (exact) mass is 393 g/mol. The van der Waals surface area contributed by atoms with Gasteiger partial charge in [-0.1, -0.05) is 12.8 Å². The Kier molecular flexibility index (Phi) is 7.57. The van der Waals surface area contributed by atoms with Crippen LogP contribution in [0.5, 0.6) is 0 Å². The average molecular weight is 394 g/mol. The Bertz CT molecular complexity index is 539. The molecule has 0 aromatic heterocycles. The number of amides is 1. The number of likely N-dealkylation sites (N-methyl/N-ethyl adjacent to an activating group) is 1. The van der Waals surface area contributed by atoms with Crippen LogP contribution in [0.3, 0.4) is 0 Å². The summed E-state index contributed by atoms with van der Waals surface area (Å²) < 4.78 is 5.57. The lowest BCUT2D eigenvalue weighted by molar-refractivity contribution is -0.134. The van der Waals surface area contributed by atoms with Crippen molar-refractivity contribution in [3.05, 3.63) is 0 Å². The van der Waals surface area contributed by atoms with Crippen LogP contribution < -0.4 is 10.6 Å². The molecule has 3 rings (SSSR count). The smallest absolute Gasteiger partial charge is 0.225 e. The molecule has 1 atom stereocenters. The normalized spacial score (nSPS) is 26.1. The van der Waals surface area contributed by atoms with Gasteiger partial charge in [-0.15, -0.1) is 0 Å². The van der Waals surface area contributed by atoms with Gasteiger partial charge in [0, 0.05) is 50.3 Å². The molecule has 2 aliphatic heterocycles. The maximum atomic E-state index is 12.7. The minimum Gasteiger partial charge on any atom is -0.381 e. The molecule has 1 saturated carbocycles. The molecule has 7 nitrogen and oxygen atoms in total. The quantitative estimate of drug-likeness (QED) is 0.528. The third-order valence-corrected chi connectivity index (χ3v) is 6.79. The summed E-state index contributed by atoms with van der Waals surface area (Å²) in [7, 11) is 4.29. The molecule has 3 fully saturated rings. The van der Waals surface area contributed by atoms with Crippen molar-refractivity contribution in [2.75, 3.05) is 53.5 Å². The Balaban J connectivity index is 1.56. The van der Waals surface area contributed by atoms with Crippen LogP contribution in [0.1, 0.15) is 51.9 Å². The Labute approximate surface area is 170 Å². The molecule has 0 radical (unpaired) electrons. The van der Waals surface area contributed by atoms with Gasteiger partial charge in [-0.25, -0.2) is 0 Å². The lowest BCUT2D eigenvalue weighted by atomic mass is 9.89. The molecule has 0 aromatic rings. The van der Waals surface area contributed by atoms with Crippen molar-refractivity contribution in [1.29, 1.82) is 0 Å². The fraction of sp³-hybridized carbons (Fsp3) is 0.905. The number of hydrogen-bond donors (Lipinski definition) is 2. The highest BCUT2D eigenvalue weighted by Gasteiger charge is 2.35. The van der Waals surface area contributed by atoms with E-state index < -0.39 is 0 Å². The van der Waals surface area contributed by atoms with Gasteiger partial charge in [-0.3, -0.25) is 9.79 Å².